The highest BCUT2D eigenvalue weighted by Gasteiger charge is 2.30. The van der Waals surface area contributed by atoms with Crippen molar-refractivity contribution in [2.45, 2.75) is 32.6 Å². The molecule has 2 aliphatic rings. The standard InChI is InChI=1S/C23H22N8/c1-2-31-20-10-6-5-9-17(20)28-22(31)16(13-24)21-23(30-11-7-3-4-8-12-30)29-19(15-26)18(14-25)27-21/h5-6,9-10,28H,2-4,7-8,11-12H2,1H3. The number of hydrogen-bond donors (Lipinski definition) is 1. The van der Waals surface area contributed by atoms with Gasteiger partial charge >= 0.3 is 0 Å². The fourth-order valence-electron chi connectivity index (χ4n) is 4.13. The molecule has 2 aliphatic heterocycles. The van der Waals surface area contributed by atoms with E-state index in [0.717, 1.165) is 50.1 Å². The fourth-order valence-corrected chi connectivity index (χ4v) is 4.13. The zero-order valence-corrected chi connectivity index (χ0v) is 17.4. The number of fused-ring (bicyclic) bond motifs is 1. The first-order valence-electron chi connectivity index (χ1n) is 10.5. The third kappa shape index (κ3) is 3.63. The van der Waals surface area contributed by atoms with Gasteiger partial charge in [0.05, 0.1) is 11.4 Å². The normalized spacial score (nSPS) is 17.0. The highest BCUT2D eigenvalue weighted by molar-refractivity contribution is 5.93. The number of nitriles is 3. The van der Waals surface area contributed by atoms with E-state index in [4.69, 9.17) is 0 Å². The Morgan fingerprint density at radius 2 is 1.68 bits per heavy atom. The number of para-hydroxylation sites is 2. The van der Waals surface area contributed by atoms with Gasteiger partial charge in [-0.15, -0.1) is 0 Å². The predicted molar refractivity (Wildman–Crippen MR) is 118 cm³/mol. The minimum atomic E-state index is -0.0667. The number of rotatable bonds is 3. The first-order chi connectivity index (χ1) is 15.2. The van der Waals surface area contributed by atoms with Gasteiger partial charge in [0.2, 0.25) is 0 Å². The van der Waals surface area contributed by atoms with Crippen molar-refractivity contribution in [2.24, 2.45) is 0 Å². The molecule has 0 aliphatic carbocycles. The number of hydrogen-bond acceptors (Lipinski definition) is 8. The topological polar surface area (TPSA) is 116 Å². The summed E-state index contributed by atoms with van der Waals surface area (Å²) in [6.45, 7) is 4.22. The molecule has 0 bridgehead atoms. The highest BCUT2D eigenvalue weighted by atomic mass is 15.3. The van der Waals surface area contributed by atoms with Crippen molar-refractivity contribution in [1.82, 2.24) is 9.97 Å². The molecule has 3 heterocycles. The Kier molecular flexibility index (Phi) is 5.69. The first kappa shape index (κ1) is 20.2. The molecule has 1 aromatic carbocycles. The van der Waals surface area contributed by atoms with E-state index in [2.05, 4.69) is 26.3 Å². The molecule has 0 spiro atoms. The molecule has 1 N–H and O–H groups in total. The molecule has 0 radical (unpaired) electrons. The Balaban J connectivity index is 1.93. The van der Waals surface area contributed by atoms with Crippen LogP contribution < -0.4 is 15.1 Å². The molecular weight excluding hydrogens is 388 g/mol. The third-order valence-electron chi connectivity index (χ3n) is 5.61. The van der Waals surface area contributed by atoms with Crippen LogP contribution in [0.5, 0.6) is 0 Å². The van der Waals surface area contributed by atoms with Gasteiger partial charge in [0.25, 0.3) is 0 Å². The maximum Gasteiger partial charge on any atom is 0.179 e. The highest BCUT2D eigenvalue weighted by Crippen LogP contribution is 2.40. The Labute approximate surface area is 181 Å². The van der Waals surface area contributed by atoms with Gasteiger partial charge in [0, 0.05) is 19.6 Å². The number of nitrogens with zero attached hydrogens (tertiary/aromatic N) is 7. The molecule has 31 heavy (non-hydrogen) atoms. The third-order valence-corrected chi connectivity index (χ3v) is 5.61. The SMILES string of the molecule is CCN1C(=C(C#N)c2nc(C#N)c(C#N)nc2N2CCCCCC2)Nc2ccccc21. The van der Waals surface area contributed by atoms with Gasteiger partial charge in [-0.2, -0.15) is 15.8 Å². The molecule has 8 nitrogen and oxygen atoms in total. The van der Waals surface area contributed by atoms with Crippen LogP contribution in [0.15, 0.2) is 30.1 Å². The van der Waals surface area contributed by atoms with E-state index in [1.165, 1.54) is 0 Å². The zero-order chi connectivity index (χ0) is 21.8. The Morgan fingerprint density at radius 3 is 2.32 bits per heavy atom. The minimum Gasteiger partial charge on any atom is -0.355 e. The lowest BCUT2D eigenvalue weighted by atomic mass is 10.1. The summed E-state index contributed by atoms with van der Waals surface area (Å²) in [5.74, 6) is 1.11. The first-order valence-corrected chi connectivity index (χ1v) is 10.5. The van der Waals surface area contributed by atoms with Gasteiger partial charge in [0.15, 0.2) is 17.2 Å². The summed E-state index contributed by atoms with van der Waals surface area (Å²) in [6, 6.07) is 14.1. The molecule has 8 heteroatoms. The number of anilines is 3. The van der Waals surface area contributed by atoms with Gasteiger partial charge in [-0.3, -0.25) is 0 Å². The molecule has 0 amide bonds. The van der Waals surface area contributed by atoms with Crippen molar-refractivity contribution in [2.75, 3.05) is 34.8 Å². The number of benzene rings is 1. The summed E-state index contributed by atoms with van der Waals surface area (Å²) in [7, 11) is 0. The van der Waals surface area contributed by atoms with E-state index in [-0.39, 0.29) is 11.4 Å². The Bertz CT molecular complexity index is 1150. The van der Waals surface area contributed by atoms with Gasteiger partial charge < -0.3 is 15.1 Å². The van der Waals surface area contributed by atoms with Crippen LogP contribution in [0.3, 0.4) is 0 Å². The second kappa shape index (κ2) is 8.73. The lowest BCUT2D eigenvalue weighted by molar-refractivity contribution is 0.726. The van der Waals surface area contributed by atoms with Crippen molar-refractivity contribution >= 4 is 22.8 Å². The van der Waals surface area contributed by atoms with Crippen molar-refractivity contribution < 1.29 is 0 Å². The molecule has 0 saturated carbocycles. The van der Waals surface area contributed by atoms with Crippen LogP contribution in [-0.4, -0.2) is 29.6 Å². The van der Waals surface area contributed by atoms with Crippen LogP contribution in [0.4, 0.5) is 17.2 Å². The predicted octanol–water partition coefficient (Wildman–Crippen LogP) is 3.74. The summed E-state index contributed by atoms with van der Waals surface area (Å²) in [5, 5.41) is 32.6. The number of aromatic nitrogens is 2. The van der Waals surface area contributed by atoms with E-state index in [0.29, 0.717) is 29.5 Å². The van der Waals surface area contributed by atoms with E-state index in [9.17, 15) is 15.8 Å². The zero-order valence-electron chi connectivity index (χ0n) is 17.4. The average molecular weight is 410 g/mol. The lowest BCUT2D eigenvalue weighted by Gasteiger charge is -2.25. The van der Waals surface area contributed by atoms with E-state index in [1.807, 2.05) is 48.2 Å². The van der Waals surface area contributed by atoms with Crippen molar-refractivity contribution in [1.29, 1.82) is 15.8 Å². The molecule has 1 saturated heterocycles. The van der Waals surface area contributed by atoms with Crippen molar-refractivity contribution in [3.8, 4) is 18.2 Å². The molecule has 0 unspecified atom stereocenters. The van der Waals surface area contributed by atoms with Crippen molar-refractivity contribution in [3.63, 3.8) is 0 Å². The average Bonchev–Trinajstić information content (AvgIpc) is 2.97. The molecule has 1 fully saturated rings. The minimum absolute atomic E-state index is 0.0113. The molecule has 154 valence electrons. The summed E-state index contributed by atoms with van der Waals surface area (Å²) in [5.41, 5.74) is 2.46. The van der Waals surface area contributed by atoms with Crippen molar-refractivity contribution in [3.05, 3.63) is 47.2 Å². The second-order valence-corrected chi connectivity index (χ2v) is 7.44. The summed E-state index contributed by atoms with van der Waals surface area (Å²) in [6.07, 6.45) is 4.28. The summed E-state index contributed by atoms with van der Waals surface area (Å²) in [4.78, 5) is 13.1. The molecule has 1 aromatic heterocycles. The van der Waals surface area contributed by atoms with Gasteiger partial charge in [0.1, 0.15) is 35.3 Å². The van der Waals surface area contributed by atoms with Gasteiger partial charge in [-0.25, -0.2) is 9.97 Å². The lowest BCUT2D eigenvalue weighted by Crippen LogP contribution is -2.28. The maximum absolute atomic E-state index is 10.2. The largest absolute Gasteiger partial charge is 0.355 e. The maximum atomic E-state index is 10.2. The van der Waals surface area contributed by atoms with Gasteiger partial charge in [-0.05, 0) is 31.9 Å². The van der Waals surface area contributed by atoms with Crippen LogP contribution in [0, 0.1) is 34.0 Å². The van der Waals surface area contributed by atoms with Crippen LogP contribution in [0.1, 0.15) is 49.7 Å². The smallest absolute Gasteiger partial charge is 0.179 e. The van der Waals surface area contributed by atoms with Crippen LogP contribution in [-0.2, 0) is 0 Å². The van der Waals surface area contributed by atoms with Crippen LogP contribution in [0.2, 0.25) is 0 Å². The second-order valence-electron chi connectivity index (χ2n) is 7.44. The van der Waals surface area contributed by atoms with E-state index >= 15 is 0 Å². The molecular formula is C23H22N8. The monoisotopic (exact) mass is 410 g/mol. The van der Waals surface area contributed by atoms with Gasteiger partial charge in [-0.1, -0.05) is 25.0 Å². The Hall–Kier alpha value is -4.09. The van der Waals surface area contributed by atoms with E-state index in [1.54, 1.807) is 0 Å². The van der Waals surface area contributed by atoms with Crippen LogP contribution >= 0.6 is 0 Å². The number of allylic oxidation sites excluding steroid dienone is 1. The number of nitrogens with one attached hydrogen (secondary N) is 1. The molecule has 0 atom stereocenters. The summed E-state index contributed by atoms with van der Waals surface area (Å²) < 4.78 is 0. The van der Waals surface area contributed by atoms with E-state index < -0.39 is 0 Å². The molecule has 2 aromatic rings. The fraction of sp³-hybridized carbons (Fsp3) is 0.348. The Morgan fingerprint density at radius 1 is 1.00 bits per heavy atom. The van der Waals surface area contributed by atoms with Crippen LogP contribution in [0.25, 0.3) is 5.57 Å². The summed E-state index contributed by atoms with van der Waals surface area (Å²) >= 11 is 0. The molecule has 4 rings (SSSR count). The quantitative estimate of drug-likeness (QED) is 0.761.